The molecule has 0 aromatic rings. The van der Waals surface area contributed by atoms with Crippen molar-refractivity contribution in [3.8, 4) is 0 Å². The quantitative estimate of drug-likeness (QED) is 0.584. The van der Waals surface area contributed by atoms with Crippen molar-refractivity contribution in [2.45, 2.75) is 53.0 Å². The summed E-state index contributed by atoms with van der Waals surface area (Å²) in [5, 5.41) is 14.6. The number of carbonyl (C=O) groups is 2. The monoisotopic (exact) mass is 258 g/mol. The Hall–Kier alpha value is -1.10. The minimum absolute atomic E-state index is 0.000780. The number of nitrogens with one attached hydrogen (secondary N) is 2. The van der Waals surface area contributed by atoms with Gasteiger partial charge in [-0.05, 0) is 38.6 Å². The van der Waals surface area contributed by atoms with Crippen LogP contribution in [0.3, 0.4) is 0 Å². The van der Waals surface area contributed by atoms with Crippen LogP contribution in [0.1, 0.15) is 47.0 Å². The summed E-state index contributed by atoms with van der Waals surface area (Å²) >= 11 is 0. The van der Waals surface area contributed by atoms with Crippen LogP contribution in [0.4, 0.5) is 0 Å². The Morgan fingerprint density at radius 1 is 1.28 bits per heavy atom. The van der Waals surface area contributed by atoms with Gasteiger partial charge in [-0.2, -0.15) is 0 Å². The summed E-state index contributed by atoms with van der Waals surface area (Å²) in [6.07, 6.45) is 1.70. The highest BCUT2D eigenvalue weighted by Gasteiger charge is 2.19. The molecule has 3 N–H and O–H groups in total. The zero-order valence-electron chi connectivity index (χ0n) is 11.9. The van der Waals surface area contributed by atoms with Crippen LogP contribution in [0.2, 0.25) is 0 Å². The Morgan fingerprint density at radius 2 is 1.89 bits per heavy atom. The van der Waals surface area contributed by atoms with Gasteiger partial charge in [0.15, 0.2) is 0 Å². The average molecular weight is 258 g/mol. The van der Waals surface area contributed by atoms with Crippen molar-refractivity contribution in [2.75, 3.05) is 13.1 Å². The number of carbonyl (C=O) groups excluding carboxylic acids is 1. The molecular weight excluding hydrogens is 232 g/mol. The molecule has 0 radical (unpaired) electrons. The molecule has 1 atom stereocenters. The third kappa shape index (κ3) is 8.06. The summed E-state index contributed by atoms with van der Waals surface area (Å²) < 4.78 is 0. The lowest BCUT2D eigenvalue weighted by Crippen LogP contribution is -2.43. The molecule has 1 amide bonds. The van der Waals surface area contributed by atoms with Gasteiger partial charge in [0, 0.05) is 13.0 Å². The van der Waals surface area contributed by atoms with E-state index in [1.165, 1.54) is 0 Å². The fourth-order valence-electron chi connectivity index (χ4n) is 1.62. The van der Waals surface area contributed by atoms with Crippen LogP contribution >= 0.6 is 0 Å². The largest absolute Gasteiger partial charge is 0.481 e. The molecule has 5 nitrogen and oxygen atoms in total. The standard InChI is InChI=1S/C13H26N2O3/c1-5-14-12(18)10(2)15-9-8-13(3,4)7-6-11(16)17/h10,15H,5-9H2,1-4H3,(H,14,18)(H,16,17). The third-order valence-electron chi connectivity index (χ3n) is 3.01. The summed E-state index contributed by atoms with van der Waals surface area (Å²) in [6, 6.07) is -0.208. The third-order valence-corrected chi connectivity index (χ3v) is 3.01. The van der Waals surface area contributed by atoms with Crippen LogP contribution in [0.25, 0.3) is 0 Å². The fraction of sp³-hybridized carbons (Fsp3) is 0.846. The predicted molar refractivity (Wildman–Crippen MR) is 71.4 cm³/mol. The number of hydrogen-bond acceptors (Lipinski definition) is 3. The minimum atomic E-state index is -0.758. The summed E-state index contributed by atoms with van der Waals surface area (Å²) in [4.78, 5) is 22.0. The molecule has 0 saturated carbocycles. The topological polar surface area (TPSA) is 78.4 Å². The molecule has 0 aromatic carbocycles. The Kier molecular flexibility index (Phi) is 7.59. The van der Waals surface area contributed by atoms with Gasteiger partial charge in [0.05, 0.1) is 6.04 Å². The maximum absolute atomic E-state index is 11.5. The molecule has 0 saturated heterocycles. The van der Waals surface area contributed by atoms with Gasteiger partial charge in [0.2, 0.25) is 5.91 Å². The summed E-state index contributed by atoms with van der Waals surface area (Å²) in [5.41, 5.74) is -0.0215. The van der Waals surface area contributed by atoms with Crippen LogP contribution < -0.4 is 10.6 Å². The van der Waals surface area contributed by atoms with E-state index >= 15 is 0 Å². The van der Waals surface area contributed by atoms with Crippen molar-refractivity contribution < 1.29 is 14.7 Å². The molecule has 0 aromatic heterocycles. The summed E-state index contributed by atoms with van der Waals surface area (Å²) in [7, 11) is 0. The van der Waals surface area contributed by atoms with Gasteiger partial charge < -0.3 is 15.7 Å². The number of aliphatic carboxylic acids is 1. The molecule has 0 fully saturated rings. The van der Waals surface area contributed by atoms with Crippen molar-refractivity contribution in [3.05, 3.63) is 0 Å². The van der Waals surface area contributed by atoms with Gasteiger partial charge in [-0.15, -0.1) is 0 Å². The average Bonchev–Trinajstić information content (AvgIpc) is 2.26. The molecule has 0 aliphatic rings. The van der Waals surface area contributed by atoms with E-state index in [-0.39, 0.29) is 23.8 Å². The first-order chi connectivity index (χ1) is 8.28. The highest BCUT2D eigenvalue weighted by molar-refractivity contribution is 5.81. The first-order valence-electron chi connectivity index (χ1n) is 6.51. The van der Waals surface area contributed by atoms with E-state index in [2.05, 4.69) is 24.5 Å². The van der Waals surface area contributed by atoms with Gasteiger partial charge in [-0.3, -0.25) is 9.59 Å². The van der Waals surface area contributed by atoms with Gasteiger partial charge in [0.25, 0.3) is 0 Å². The Bertz CT molecular complexity index is 277. The van der Waals surface area contributed by atoms with Crippen molar-refractivity contribution in [2.24, 2.45) is 5.41 Å². The van der Waals surface area contributed by atoms with E-state index in [1.54, 1.807) is 0 Å². The number of likely N-dealkylation sites (N-methyl/N-ethyl adjacent to an activating group) is 1. The molecular formula is C13H26N2O3. The zero-order chi connectivity index (χ0) is 14.2. The molecule has 106 valence electrons. The number of rotatable bonds is 9. The van der Waals surface area contributed by atoms with Crippen LogP contribution in [-0.4, -0.2) is 36.1 Å². The highest BCUT2D eigenvalue weighted by atomic mass is 16.4. The second kappa shape index (κ2) is 8.08. The molecule has 0 rings (SSSR count). The fourth-order valence-corrected chi connectivity index (χ4v) is 1.62. The van der Waals surface area contributed by atoms with Crippen molar-refractivity contribution in [1.29, 1.82) is 0 Å². The van der Waals surface area contributed by atoms with Gasteiger partial charge in [-0.25, -0.2) is 0 Å². The molecule has 0 aliphatic heterocycles. The van der Waals surface area contributed by atoms with E-state index < -0.39 is 5.97 Å². The second-order valence-corrected chi connectivity index (χ2v) is 5.38. The molecule has 0 spiro atoms. The Morgan fingerprint density at radius 3 is 2.39 bits per heavy atom. The minimum Gasteiger partial charge on any atom is -0.481 e. The Balaban J connectivity index is 3.87. The second-order valence-electron chi connectivity index (χ2n) is 5.38. The van der Waals surface area contributed by atoms with E-state index in [4.69, 9.17) is 5.11 Å². The zero-order valence-corrected chi connectivity index (χ0v) is 11.9. The predicted octanol–water partition coefficient (Wildman–Crippen LogP) is 1.38. The normalized spacial score (nSPS) is 13.1. The molecule has 0 aliphatic carbocycles. The maximum Gasteiger partial charge on any atom is 0.303 e. The van der Waals surface area contributed by atoms with Gasteiger partial charge in [0.1, 0.15) is 0 Å². The molecule has 0 bridgehead atoms. The highest BCUT2D eigenvalue weighted by Crippen LogP contribution is 2.25. The lowest BCUT2D eigenvalue weighted by atomic mass is 9.84. The molecule has 5 heteroatoms. The van der Waals surface area contributed by atoms with Crippen molar-refractivity contribution >= 4 is 11.9 Å². The van der Waals surface area contributed by atoms with E-state index in [0.717, 1.165) is 6.42 Å². The van der Waals surface area contributed by atoms with Crippen LogP contribution in [-0.2, 0) is 9.59 Å². The maximum atomic E-state index is 11.5. The first-order valence-corrected chi connectivity index (χ1v) is 6.51. The number of carboxylic acids is 1. The van der Waals surface area contributed by atoms with Crippen LogP contribution in [0, 0.1) is 5.41 Å². The van der Waals surface area contributed by atoms with Gasteiger partial charge >= 0.3 is 5.97 Å². The van der Waals surface area contributed by atoms with Crippen LogP contribution in [0.5, 0.6) is 0 Å². The number of carboxylic acid groups (broad SMARTS) is 1. The Labute approximate surface area is 109 Å². The first kappa shape index (κ1) is 16.9. The summed E-state index contributed by atoms with van der Waals surface area (Å²) in [6.45, 7) is 9.16. The molecule has 0 heterocycles. The van der Waals surface area contributed by atoms with E-state index in [9.17, 15) is 9.59 Å². The van der Waals surface area contributed by atoms with Crippen LogP contribution in [0.15, 0.2) is 0 Å². The SMILES string of the molecule is CCNC(=O)C(C)NCCC(C)(C)CCC(=O)O. The molecule has 18 heavy (non-hydrogen) atoms. The van der Waals surface area contributed by atoms with Gasteiger partial charge in [-0.1, -0.05) is 13.8 Å². The number of amides is 1. The van der Waals surface area contributed by atoms with E-state index in [1.807, 2.05) is 13.8 Å². The lowest BCUT2D eigenvalue weighted by Gasteiger charge is -2.24. The summed E-state index contributed by atoms with van der Waals surface area (Å²) in [5.74, 6) is -0.757. The smallest absolute Gasteiger partial charge is 0.303 e. The van der Waals surface area contributed by atoms with Crippen molar-refractivity contribution in [3.63, 3.8) is 0 Å². The molecule has 1 unspecified atom stereocenters. The lowest BCUT2D eigenvalue weighted by molar-refractivity contribution is -0.137. The van der Waals surface area contributed by atoms with Crippen molar-refractivity contribution in [1.82, 2.24) is 10.6 Å². The van der Waals surface area contributed by atoms with E-state index in [0.29, 0.717) is 19.5 Å². The number of hydrogen-bond donors (Lipinski definition) is 3.